The zero-order chi connectivity index (χ0) is 16.4. The normalized spacial score (nSPS) is 9.68. The van der Waals surface area contributed by atoms with E-state index in [9.17, 15) is 0 Å². The molecule has 0 saturated carbocycles. The molecule has 0 bridgehead atoms. The standard InChI is InChI=1S/C11H16.C9H13NO/c1-3-6-11-8-5-7-10(4-2)9-11;1-7-4-5-9(11-3)8(6-7)10-2/h5,7-9H,3-4,6H2,1-2H3;4-6,10H,1-3H3. The van der Waals surface area contributed by atoms with Gasteiger partial charge in [0.2, 0.25) is 0 Å². The molecule has 1 N–H and O–H groups in total. The number of ether oxygens (including phenoxy) is 1. The van der Waals surface area contributed by atoms with Crippen LogP contribution in [0.4, 0.5) is 5.69 Å². The third-order valence-corrected chi connectivity index (χ3v) is 3.56. The zero-order valence-electron chi connectivity index (χ0n) is 14.6. The lowest BCUT2D eigenvalue weighted by Crippen LogP contribution is -1.93. The van der Waals surface area contributed by atoms with Gasteiger partial charge < -0.3 is 10.1 Å². The first-order valence-corrected chi connectivity index (χ1v) is 8.04. The molecular formula is C20H29NO. The highest BCUT2D eigenvalue weighted by Gasteiger charge is 1.98. The zero-order valence-corrected chi connectivity index (χ0v) is 14.6. The van der Waals surface area contributed by atoms with E-state index >= 15 is 0 Å². The van der Waals surface area contributed by atoms with Crippen LogP contribution in [0, 0.1) is 6.92 Å². The Hall–Kier alpha value is -1.96. The van der Waals surface area contributed by atoms with Gasteiger partial charge in [0.25, 0.3) is 0 Å². The number of hydrogen-bond donors (Lipinski definition) is 1. The van der Waals surface area contributed by atoms with Gasteiger partial charge in [-0.1, -0.05) is 50.6 Å². The van der Waals surface area contributed by atoms with Gasteiger partial charge in [-0.2, -0.15) is 0 Å². The Morgan fingerprint density at radius 1 is 1.00 bits per heavy atom. The Morgan fingerprint density at radius 3 is 2.32 bits per heavy atom. The molecule has 0 heterocycles. The highest BCUT2D eigenvalue weighted by atomic mass is 16.5. The van der Waals surface area contributed by atoms with Gasteiger partial charge >= 0.3 is 0 Å². The van der Waals surface area contributed by atoms with Crippen LogP contribution in [0.15, 0.2) is 42.5 Å². The Labute approximate surface area is 135 Å². The van der Waals surface area contributed by atoms with E-state index in [0.717, 1.165) is 17.9 Å². The molecule has 0 amide bonds. The summed E-state index contributed by atoms with van der Waals surface area (Å²) >= 11 is 0. The molecule has 2 aromatic rings. The summed E-state index contributed by atoms with van der Waals surface area (Å²) in [5.74, 6) is 0.887. The molecule has 0 unspecified atom stereocenters. The van der Waals surface area contributed by atoms with Crippen molar-refractivity contribution in [1.82, 2.24) is 0 Å². The highest BCUT2D eigenvalue weighted by Crippen LogP contribution is 2.24. The molecule has 0 aliphatic heterocycles. The predicted molar refractivity (Wildman–Crippen MR) is 97.1 cm³/mol. The van der Waals surface area contributed by atoms with Gasteiger partial charge in [0.05, 0.1) is 12.8 Å². The highest BCUT2D eigenvalue weighted by molar-refractivity contribution is 5.57. The fourth-order valence-corrected chi connectivity index (χ4v) is 2.31. The van der Waals surface area contributed by atoms with Gasteiger partial charge in [-0.05, 0) is 48.6 Å². The first kappa shape index (κ1) is 18.1. The van der Waals surface area contributed by atoms with Gasteiger partial charge in [-0.15, -0.1) is 0 Å². The second kappa shape index (κ2) is 9.88. The van der Waals surface area contributed by atoms with Gasteiger partial charge in [-0.25, -0.2) is 0 Å². The molecule has 22 heavy (non-hydrogen) atoms. The average Bonchev–Trinajstić information content (AvgIpc) is 2.56. The molecular weight excluding hydrogens is 270 g/mol. The first-order valence-electron chi connectivity index (χ1n) is 8.04. The molecule has 2 nitrogen and oxygen atoms in total. The van der Waals surface area contributed by atoms with Crippen molar-refractivity contribution in [2.24, 2.45) is 0 Å². The van der Waals surface area contributed by atoms with Crippen LogP contribution in [0.3, 0.4) is 0 Å². The van der Waals surface area contributed by atoms with Crippen molar-refractivity contribution in [3.63, 3.8) is 0 Å². The van der Waals surface area contributed by atoms with E-state index in [1.54, 1.807) is 7.11 Å². The van der Waals surface area contributed by atoms with Crippen molar-refractivity contribution < 1.29 is 4.74 Å². The van der Waals surface area contributed by atoms with E-state index in [1.807, 2.05) is 19.2 Å². The maximum absolute atomic E-state index is 5.13. The fraction of sp³-hybridized carbons (Fsp3) is 0.400. The van der Waals surface area contributed by atoms with Crippen LogP contribution < -0.4 is 10.1 Å². The van der Waals surface area contributed by atoms with Crippen molar-refractivity contribution in [1.29, 1.82) is 0 Å². The number of anilines is 1. The number of benzene rings is 2. The van der Waals surface area contributed by atoms with E-state index < -0.39 is 0 Å². The molecule has 0 radical (unpaired) electrons. The van der Waals surface area contributed by atoms with Crippen molar-refractivity contribution in [3.05, 3.63) is 59.2 Å². The Kier molecular flexibility index (Phi) is 8.13. The third-order valence-electron chi connectivity index (χ3n) is 3.56. The van der Waals surface area contributed by atoms with Crippen LogP contribution in [0.5, 0.6) is 5.75 Å². The summed E-state index contributed by atoms with van der Waals surface area (Å²) in [5.41, 5.74) is 5.20. The summed E-state index contributed by atoms with van der Waals surface area (Å²) < 4.78 is 5.13. The Bertz CT molecular complexity index is 563. The Morgan fingerprint density at radius 2 is 1.73 bits per heavy atom. The minimum atomic E-state index is 0.887. The Balaban J connectivity index is 0.000000220. The number of rotatable bonds is 5. The topological polar surface area (TPSA) is 21.3 Å². The van der Waals surface area contributed by atoms with Gasteiger partial charge in [0.15, 0.2) is 0 Å². The molecule has 2 heteroatoms. The van der Waals surface area contributed by atoms with Gasteiger partial charge in [0.1, 0.15) is 5.75 Å². The molecule has 2 aromatic carbocycles. The second-order valence-electron chi connectivity index (χ2n) is 5.38. The van der Waals surface area contributed by atoms with E-state index in [4.69, 9.17) is 4.74 Å². The monoisotopic (exact) mass is 299 g/mol. The van der Waals surface area contributed by atoms with E-state index in [0.29, 0.717) is 0 Å². The van der Waals surface area contributed by atoms with Crippen molar-refractivity contribution >= 4 is 5.69 Å². The van der Waals surface area contributed by atoms with Crippen LogP contribution in [-0.2, 0) is 12.8 Å². The minimum absolute atomic E-state index is 0.887. The van der Waals surface area contributed by atoms with Crippen molar-refractivity contribution in [2.45, 2.75) is 40.0 Å². The van der Waals surface area contributed by atoms with Crippen molar-refractivity contribution in [2.75, 3.05) is 19.5 Å². The lowest BCUT2D eigenvalue weighted by atomic mass is 10.1. The number of aryl methyl sites for hydroxylation is 3. The quantitative estimate of drug-likeness (QED) is 0.814. The fourth-order valence-electron chi connectivity index (χ4n) is 2.31. The molecule has 0 aliphatic carbocycles. The SMILES string of the molecule is CCCc1cccc(CC)c1.CNc1cc(C)ccc1OC. The molecule has 0 fully saturated rings. The van der Waals surface area contributed by atoms with Crippen LogP contribution in [0.25, 0.3) is 0 Å². The molecule has 0 spiro atoms. The smallest absolute Gasteiger partial charge is 0.141 e. The van der Waals surface area contributed by atoms with Crippen LogP contribution in [-0.4, -0.2) is 14.2 Å². The molecule has 0 atom stereocenters. The number of nitrogens with one attached hydrogen (secondary N) is 1. The molecule has 2 rings (SSSR count). The van der Waals surface area contributed by atoms with Gasteiger partial charge in [-0.3, -0.25) is 0 Å². The van der Waals surface area contributed by atoms with Crippen LogP contribution >= 0.6 is 0 Å². The first-order chi connectivity index (χ1) is 10.6. The summed E-state index contributed by atoms with van der Waals surface area (Å²) in [4.78, 5) is 0. The van der Waals surface area contributed by atoms with Crippen LogP contribution in [0.1, 0.15) is 37.0 Å². The van der Waals surface area contributed by atoms with Gasteiger partial charge in [0, 0.05) is 7.05 Å². The maximum atomic E-state index is 5.13. The minimum Gasteiger partial charge on any atom is -0.495 e. The predicted octanol–water partition coefficient (Wildman–Crippen LogP) is 5.25. The van der Waals surface area contributed by atoms with E-state index in [1.165, 1.54) is 29.5 Å². The van der Waals surface area contributed by atoms with Crippen molar-refractivity contribution in [3.8, 4) is 5.75 Å². The third kappa shape index (κ3) is 5.80. The molecule has 0 saturated heterocycles. The van der Waals surface area contributed by atoms with Crippen LogP contribution in [0.2, 0.25) is 0 Å². The summed E-state index contributed by atoms with van der Waals surface area (Å²) in [5, 5.41) is 3.06. The number of hydrogen-bond acceptors (Lipinski definition) is 2. The lowest BCUT2D eigenvalue weighted by molar-refractivity contribution is 0.416. The second-order valence-corrected chi connectivity index (χ2v) is 5.38. The summed E-state index contributed by atoms with van der Waals surface area (Å²) in [7, 11) is 3.56. The summed E-state index contributed by atoms with van der Waals surface area (Å²) in [6, 6.07) is 14.9. The lowest BCUT2D eigenvalue weighted by Gasteiger charge is -2.07. The molecule has 120 valence electrons. The number of methoxy groups -OCH3 is 1. The summed E-state index contributed by atoms with van der Waals surface area (Å²) in [6.07, 6.45) is 3.61. The molecule has 0 aromatic heterocycles. The van der Waals surface area contributed by atoms with E-state index in [2.05, 4.69) is 56.4 Å². The van der Waals surface area contributed by atoms with E-state index in [-0.39, 0.29) is 0 Å². The average molecular weight is 299 g/mol. The molecule has 0 aliphatic rings. The summed E-state index contributed by atoms with van der Waals surface area (Å²) in [6.45, 7) is 6.48. The largest absolute Gasteiger partial charge is 0.495 e. The maximum Gasteiger partial charge on any atom is 0.141 e.